The van der Waals surface area contributed by atoms with Gasteiger partial charge in [0.2, 0.25) is 11.8 Å². The van der Waals surface area contributed by atoms with E-state index in [1.807, 2.05) is 0 Å². The Balaban J connectivity index is 3.53. The summed E-state index contributed by atoms with van der Waals surface area (Å²) in [5, 5.41) is 12.9. The van der Waals surface area contributed by atoms with E-state index in [9.17, 15) is 14.4 Å². The summed E-state index contributed by atoms with van der Waals surface area (Å²) in [7, 11) is 1.50. The van der Waals surface area contributed by atoms with Crippen molar-refractivity contribution in [3.05, 3.63) is 0 Å². The van der Waals surface area contributed by atoms with Gasteiger partial charge >= 0.3 is 5.97 Å². The van der Waals surface area contributed by atoms with E-state index in [0.29, 0.717) is 13.2 Å². The van der Waals surface area contributed by atoms with Gasteiger partial charge in [0.1, 0.15) is 6.42 Å². The fourth-order valence-corrected chi connectivity index (χ4v) is 0.734. The molecule has 0 atom stereocenters. The van der Waals surface area contributed by atoms with Gasteiger partial charge in [0.15, 0.2) is 0 Å². The number of amides is 2. The SMILES string of the molecule is COCCNC(=O)CNC(=O)CC(=O)O. The van der Waals surface area contributed by atoms with Gasteiger partial charge in [-0.15, -0.1) is 0 Å². The van der Waals surface area contributed by atoms with E-state index in [2.05, 4.69) is 10.6 Å². The van der Waals surface area contributed by atoms with Crippen LogP contribution in [0.3, 0.4) is 0 Å². The lowest BCUT2D eigenvalue weighted by molar-refractivity contribution is -0.141. The topological polar surface area (TPSA) is 105 Å². The lowest BCUT2D eigenvalue weighted by atomic mass is 10.4. The average molecular weight is 218 g/mol. The second-order valence-corrected chi connectivity index (χ2v) is 2.69. The third-order valence-electron chi connectivity index (χ3n) is 1.39. The summed E-state index contributed by atoms with van der Waals surface area (Å²) >= 11 is 0. The van der Waals surface area contributed by atoms with Crippen molar-refractivity contribution >= 4 is 17.8 Å². The molecule has 0 saturated heterocycles. The Bertz CT molecular complexity index is 241. The van der Waals surface area contributed by atoms with Crippen LogP contribution in [0.15, 0.2) is 0 Å². The molecule has 3 N–H and O–H groups in total. The molecule has 0 aromatic rings. The quantitative estimate of drug-likeness (QED) is 0.350. The van der Waals surface area contributed by atoms with Gasteiger partial charge in [0, 0.05) is 13.7 Å². The average Bonchev–Trinajstić information content (AvgIpc) is 2.14. The number of carboxylic acids is 1. The molecule has 0 rings (SSSR count). The van der Waals surface area contributed by atoms with Crippen LogP contribution in [-0.2, 0) is 19.1 Å². The number of carbonyl (C=O) groups is 3. The van der Waals surface area contributed by atoms with Gasteiger partial charge in [0.25, 0.3) is 0 Å². The summed E-state index contributed by atoms with van der Waals surface area (Å²) in [5.74, 6) is -2.30. The third-order valence-corrected chi connectivity index (χ3v) is 1.39. The zero-order chi connectivity index (χ0) is 11.7. The van der Waals surface area contributed by atoms with Crippen molar-refractivity contribution in [2.75, 3.05) is 26.8 Å². The number of rotatable bonds is 7. The molecule has 0 saturated carbocycles. The highest BCUT2D eigenvalue weighted by Gasteiger charge is 2.08. The van der Waals surface area contributed by atoms with Crippen LogP contribution in [0.25, 0.3) is 0 Å². The summed E-state index contributed by atoms with van der Waals surface area (Å²) in [5.41, 5.74) is 0. The maximum Gasteiger partial charge on any atom is 0.312 e. The number of carbonyl (C=O) groups excluding carboxylic acids is 2. The normalized spacial score (nSPS) is 9.40. The molecule has 0 spiro atoms. The Morgan fingerprint density at radius 2 is 1.87 bits per heavy atom. The first-order valence-electron chi connectivity index (χ1n) is 4.30. The van der Waals surface area contributed by atoms with Crippen molar-refractivity contribution < 1.29 is 24.2 Å². The number of aliphatic carboxylic acids is 1. The van der Waals surface area contributed by atoms with Crippen molar-refractivity contribution in [1.29, 1.82) is 0 Å². The lowest BCUT2D eigenvalue weighted by Crippen LogP contribution is -2.38. The van der Waals surface area contributed by atoms with Crippen LogP contribution in [0.5, 0.6) is 0 Å². The standard InChI is InChI=1S/C8H14N2O5/c1-15-3-2-9-7(12)5-10-6(11)4-8(13)14/h2-5H2,1H3,(H,9,12)(H,10,11)(H,13,14). The van der Waals surface area contributed by atoms with Gasteiger partial charge in [-0.25, -0.2) is 0 Å². The van der Waals surface area contributed by atoms with Gasteiger partial charge in [-0.3, -0.25) is 14.4 Å². The number of carboxylic acid groups (broad SMARTS) is 1. The Morgan fingerprint density at radius 1 is 1.20 bits per heavy atom. The number of nitrogens with one attached hydrogen (secondary N) is 2. The first-order valence-corrected chi connectivity index (χ1v) is 4.30. The minimum atomic E-state index is -1.23. The third kappa shape index (κ3) is 8.69. The molecular weight excluding hydrogens is 204 g/mol. The van der Waals surface area contributed by atoms with Crippen LogP contribution in [0, 0.1) is 0 Å². The Morgan fingerprint density at radius 3 is 2.40 bits per heavy atom. The molecule has 0 aliphatic heterocycles. The summed E-state index contributed by atoms with van der Waals surface area (Å²) < 4.78 is 4.69. The van der Waals surface area contributed by atoms with Crippen LogP contribution in [0.4, 0.5) is 0 Å². The van der Waals surface area contributed by atoms with Crippen LogP contribution in [-0.4, -0.2) is 49.7 Å². The fraction of sp³-hybridized carbons (Fsp3) is 0.625. The molecular formula is C8H14N2O5. The molecule has 2 amide bonds. The van der Waals surface area contributed by atoms with E-state index >= 15 is 0 Å². The Hall–Kier alpha value is -1.63. The highest BCUT2D eigenvalue weighted by Crippen LogP contribution is 1.78. The van der Waals surface area contributed by atoms with E-state index in [-0.39, 0.29) is 12.5 Å². The predicted octanol–water partition coefficient (Wildman–Crippen LogP) is -1.66. The van der Waals surface area contributed by atoms with Crippen LogP contribution in [0.2, 0.25) is 0 Å². The summed E-state index contributed by atoms with van der Waals surface area (Å²) in [6.45, 7) is 0.509. The monoisotopic (exact) mass is 218 g/mol. The van der Waals surface area contributed by atoms with Gasteiger partial charge in [0.05, 0.1) is 13.2 Å². The molecule has 0 aromatic heterocycles. The molecule has 0 heterocycles. The van der Waals surface area contributed by atoms with Crippen molar-refractivity contribution in [1.82, 2.24) is 10.6 Å². The summed E-state index contributed by atoms with van der Waals surface area (Å²) in [6, 6.07) is 0. The Labute approximate surface area is 86.8 Å². The van der Waals surface area contributed by atoms with Crippen LogP contribution in [0.1, 0.15) is 6.42 Å². The number of methoxy groups -OCH3 is 1. The molecule has 0 bridgehead atoms. The smallest absolute Gasteiger partial charge is 0.312 e. The van der Waals surface area contributed by atoms with Crippen LogP contribution < -0.4 is 10.6 Å². The lowest BCUT2D eigenvalue weighted by Gasteiger charge is -2.05. The molecule has 0 aliphatic carbocycles. The van der Waals surface area contributed by atoms with Crippen molar-refractivity contribution in [2.45, 2.75) is 6.42 Å². The maximum atomic E-state index is 11.0. The van der Waals surface area contributed by atoms with Gasteiger partial charge < -0.3 is 20.5 Å². The van der Waals surface area contributed by atoms with Crippen molar-refractivity contribution in [3.63, 3.8) is 0 Å². The van der Waals surface area contributed by atoms with E-state index in [1.54, 1.807) is 0 Å². The number of hydrogen-bond donors (Lipinski definition) is 3. The van der Waals surface area contributed by atoms with Crippen molar-refractivity contribution in [2.24, 2.45) is 0 Å². The minimum absolute atomic E-state index is 0.226. The van der Waals surface area contributed by atoms with E-state index in [4.69, 9.17) is 9.84 Å². The highest BCUT2D eigenvalue weighted by atomic mass is 16.5. The molecule has 0 unspecified atom stereocenters. The largest absolute Gasteiger partial charge is 0.481 e. The molecule has 0 fully saturated rings. The second-order valence-electron chi connectivity index (χ2n) is 2.69. The molecule has 15 heavy (non-hydrogen) atoms. The minimum Gasteiger partial charge on any atom is -0.481 e. The van der Waals surface area contributed by atoms with Crippen molar-refractivity contribution in [3.8, 4) is 0 Å². The van der Waals surface area contributed by atoms with Gasteiger partial charge in [-0.1, -0.05) is 0 Å². The van der Waals surface area contributed by atoms with Crippen LogP contribution >= 0.6 is 0 Å². The second kappa shape index (κ2) is 7.74. The highest BCUT2D eigenvalue weighted by molar-refractivity contribution is 5.95. The fourth-order valence-electron chi connectivity index (χ4n) is 0.734. The van der Waals surface area contributed by atoms with E-state index < -0.39 is 18.3 Å². The zero-order valence-corrected chi connectivity index (χ0v) is 8.41. The zero-order valence-electron chi connectivity index (χ0n) is 8.41. The number of ether oxygens (including phenoxy) is 1. The molecule has 7 nitrogen and oxygen atoms in total. The molecule has 0 aromatic carbocycles. The predicted molar refractivity (Wildman–Crippen MR) is 50.1 cm³/mol. The first-order chi connectivity index (χ1) is 7.06. The molecule has 0 aliphatic rings. The van der Waals surface area contributed by atoms with Gasteiger partial charge in [-0.05, 0) is 0 Å². The van der Waals surface area contributed by atoms with E-state index in [1.165, 1.54) is 7.11 Å². The first kappa shape index (κ1) is 13.4. The maximum absolute atomic E-state index is 11.0. The molecule has 86 valence electrons. The molecule has 7 heteroatoms. The summed E-state index contributed by atoms with van der Waals surface area (Å²) in [4.78, 5) is 31.9. The summed E-state index contributed by atoms with van der Waals surface area (Å²) in [6.07, 6.45) is -0.634. The molecule has 0 radical (unpaired) electrons. The Kier molecular flexibility index (Phi) is 6.90. The number of hydrogen-bond acceptors (Lipinski definition) is 4. The van der Waals surface area contributed by atoms with Gasteiger partial charge in [-0.2, -0.15) is 0 Å². The van der Waals surface area contributed by atoms with E-state index in [0.717, 1.165) is 0 Å².